The average molecular weight is 642 g/mol. The predicted octanol–water partition coefficient (Wildman–Crippen LogP) is 4.50. The molecule has 0 saturated heterocycles. The average Bonchev–Trinajstić information content (AvgIpc) is 3.41. The number of anilines is 1. The van der Waals surface area contributed by atoms with Gasteiger partial charge < -0.3 is 40.0 Å². The van der Waals surface area contributed by atoms with Crippen molar-refractivity contribution in [3.63, 3.8) is 0 Å². The lowest BCUT2D eigenvalue weighted by atomic mass is 10.1. The lowest BCUT2D eigenvalue weighted by Crippen LogP contribution is -2.43. The van der Waals surface area contributed by atoms with Crippen LogP contribution in [0.1, 0.15) is 63.7 Å². The van der Waals surface area contributed by atoms with Crippen molar-refractivity contribution in [1.82, 2.24) is 15.4 Å². The number of benzene rings is 2. The number of aromatic nitrogens is 1. The molecule has 0 aliphatic rings. The number of thiocarbonyl (C=S) groups is 1. The van der Waals surface area contributed by atoms with E-state index in [0.29, 0.717) is 59.8 Å². The van der Waals surface area contributed by atoms with Crippen molar-refractivity contribution in [3.8, 4) is 17.2 Å². The Labute approximate surface area is 268 Å². The van der Waals surface area contributed by atoms with E-state index in [1.807, 2.05) is 32.6 Å². The number of fused-ring (bicyclic) bond motifs is 1. The second-order valence-corrected chi connectivity index (χ2v) is 11.3. The van der Waals surface area contributed by atoms with Crippen LogP contribution in [0.2, 0.25) is 0 Å². The van der Waals surface area contributed by atoms with Crippen LogP contribution in [-0.4, -0.2) is 78.1 Å². The van der Waals surface area contributed by atoms with Crippen LogP contribution in [0, 0.1) is 0 Å². The Morgan fingerprint density at radius 2 is 1.73 bits per heavy atom. The number of rotatable bonds is 18. The molecule has 0 radical (unpaired) electrons. The smallest absolute Gasteiger partial charge is 0.254 e. The second-order valence-electron chi connectivity index (χ2n) is 11.0. The summed E-state index contributed by atoms with van der Waals surface area (Å²) in [6.45, 7) is 8.63. The third-order valence-corrected chi connectivity index (χ3v) is 7.12. The van der Waals surface area contributed by atoms with E-state index in [1.54, 1.807) is 43.5 Å². The Bertz CT molecular complexity index is 1450. The van der Waals surface area contributed by atoms with Gasteiger partial charge >= 0.3 is 0 Å². The molecule has 2 aromatic carbocycles. The first kappa shape index (κ1) is 35.3. The minimum atomic E-state index is -0.735. The van der Waals surface area contributed by atoms with Crippen molar-refractivity contribution < 1.29 is 33.1 Å². The molecule has 0 aliphatic carbocycles. The monoisotopic (exact) mass is 641 g/mol. The molecule has 3 rings (SSSR count). The van der Waals surface area contributed by atoms with Crippen LogP contribution in [0.3, 0.4) is 0 Å². The maximum atomic E-state index is 13.0. The normalized spacial score (nSPS) is 11.7. The fourth-order valence-corrected chi connectivity index (χ4v) is 4.80. The Hall–Kier alpha value is -4.23. The molecule has 0 bridgehead atoms. The van der Waals surface area contributed by atoms with Gasteiger partial charge in [0.25, 0.3) is 5.91 Å². The van der Waals surface area contributed by atoms with Crippen LogP contribution < -0.4 is 30.6 Å². The van der Waals surface area contributed by atoms with Crippen LogP contribution in [0.25, 0.3) is 11.0 Å². The summed E-state index contributed by atoms with van der Waals surface area (Å²) < 4.78 is 22.6. The van der Waals surface area contributed by atoms with Gasteiger partial charge in [-0.15, -0.1) is 0 Å². The van der Waals surface area contributed by atoms with E-state index in [2.05, 4.69) is 15.8 Å². The number of carbonyl (C=O) groups excluding carboxylic acids is 3. The molecule has 0 aliphatic heterocycles. The molecule has 13 heteroatoms. The summed E-state index contributed by atoms with van der Waals surface area (Å²) >= 11 is 4.74. The molecule has 3 amide bonds. The number of nitrogens with two attached hydrogens (primary N) is 1. The number of hydrogen-bond acceptors (Lipinski definition) is 10. The molecular weight excluding hydrogens is 598 g/mol. The number of ether oxygens (including phenoxy) is 3. The van der Waals surface area contributed by atoms with E-state index in [0.717, 1.165) is 12.8 Å². The van der Waals surface area contributed by atoms with Crippen LogP contribution in [0.15, 0.2) is 40.9 Å². The van der Waals surface area contributed by atoms with Crippen molar-refractivity contribution in [2.24, 2.45) is 5.73 Å². The summed E-state index contributed by atoms with van der Waals surface area (Å²) in [5.74, 6) is 0.967. The zero-order valence-corrected chi connectivity index (χ0v) is 27.3. The standard InChI is InChI=1S/C32H43N5O7S/c1-20(2)37(21(3)4)32(40)22-10-13-26(28(17-22)41-5)43-15-7-6-14-42-23-11-12-24-27(18-23)44-36-30(24)35-29(38)19-34-31(39)25(33)9-8-16-45/h10-13,16-18,20-21,25H,6-9,14-15,19,33H2,1-5H3,(H,34,39)(H,35,36,38). The first-order valence-electron chi connectivity index (χ1n) is 15.0. The Kier molecular flexibility index (Phi) is 13.6. The van der Waals surface area contributed by atoms with Crippen LogP contribution in [0.4, 0.5) is 5.82 Å². The fraction of sp³-hybridized carbons (Fsp3) is 0.469. The number of unbranched alkanes of at least 4 members (excludes halogenated alkanes) is 1. The number of nitrogens with one attached hydrogen (secondary N) is 2. The topological polar surface area (TPSA) is 158 Å². The number of carbonyl (C=O) groups is 3. The quantitative estimate of drug-likeness (QED) is 0.133. The van der Waals surface area contributed by atoms with Crippen molar-refractivity contribution >= 4 is 52.1 Å². The van der Waals surface area contributed by atoms with E-state index >= 15 is 0 Å². The van der Waals surface area contributed by atoms with Gasteiger partial charge in [0.15, 0.2) is 22.9 Å². The largest absolute Gasteiger partial charge is 0.493 e. The predicted molar refractivity (Wildman–Crippen MR) is 176 cm³/mol. The zero-order chi connectivity index (χ0) is 32.9. The third-order valence-electron chi connectivity index (χ3n) is 6.88. The molecule has 12 nitrogen and oxygen atoms in total. The molecule has 1 atom stereocenters. The first-order chi connectivity index (χ1) is 21.5. The van der Waals surface area contributed by atoms with Gasteiger partial charge in [-0.25, -0.2) is 0 Å². The summed E-state index contributed by atoms with van der Waals surface area (Å²) in [4.78, 5) is 39.2. The summed E-state index contributed by atoms with van der Waals surface area (Å²) in [5, 5.41) is 11.2. The lowest BCUT2D eigenvalue weighted by molar-refractivity contribution is -0.125. The van der Waals surface area contributed by atoms with E-state index in [9.17, 15) is 14.4 Å². The maximum absolute atomic E-state index is 13.0. The van der Waals surface area contributed by atoms with E-state index < -0.39 is 17.9 Å². The molecule has 1 heterocycles. The van der Waals surface area contributed by atoms with Gasteiger partial charge in [0, 0.05) is 23.7 Å². The van der Waals surface area contributed by atoms with E-state index in [1.165, 1.54) is 5.37 Å². The van der Waals surface area contributed by atoms with Gasteiger partial charge in [0.2, 0.25) is 11.8 Å². The molecule has 244 valence electrons. The van der Waals surface area contributed by atoms with Crippen LogP contribution in [0.5, 0.6) is 17.2 Å². The van der Waals surface area contributed by atoms with Gasteiger partial charge in [-0.3, -0.25) is 14.4 Å². The van der Waals surface area contributed by atoms with Gasteiger partial charge in [0.1, 0.15) is 5.75 Å². The third kappa shape index (κ3) is 10.1. The molecule has 4 N–H and O–H groups in total. The second kappa shape index (κ2) is 17.3. The molecule has 1 aromatic heterocycles. The van der Waals surface area contributed by atoms with Crippen molar-refractivity contribution in [2.45, 2.75) is 71.5 Å². The molecule has 0 fully saturated rings. The minimum Gasteiger partial charge on any atom is -0.493 e. The fourth-order valence-electron chi connectivity index (χ4n) is 4.66. The Morgan fingerprint density at radius 3 is 2.40 bits per heavy atom. The molecule has 3 aromatic rings. The van der Waals surface area contributed by atoms with Gasteiger partial charge in [-0.1, -0.05) is 17.4 Å². The lowest BCUT2D eigenvalue weighted by Gasteiger charge is -2.31. The van der Waals surface area contributed by atoms with E-state index in [4.69, 9.17) is 36.7 Å². The number of amides is 3. The van der Waals surface area contributed by atoms with Crippen molar-refractivity contribution in [3.05, 3.63) is 42.0 Å². The molecule has 1 unspecified atom stereocenters. The van der Waals surface area contributed by atoms with Gasteiger partial charge in [-0.05, 0) is 89.1 Å². The SMILES string of the molecule is COc1cc(C(=O)N(C(C)C)C(C)C)ccc1OCCCCOc1ccc2c(NC(=O)CNC(=O)C(N)CCC=S)noc2c1. The molecule has 45 heavy (non-hydrogen) atoms. The highest BCUT2D eigenvalue weighted by Gasteiger charge is 2.23. The summed E-state index contributed by atoms with van der Waals surface area (Å²) in [7, 11) is 1.55. The minimum absolute atomic E-state index is 0.0490. The highest BCUT2D eigenvalue weighted by molar-refractivity contribution is 7.78. The summed E-state index contributed by atoms with van der Waals surface area (Å²) in [5.41, 5.74) is 6.76. The summed E-state index contributed by atoms with van der Waals surface area (Å²) in [6, 6.07) is 9.85. The molecule has 0 saturated carbocycles. The van der Waals surface area contributed by atoms with E-state index in [-0.39, 0.29) is 30.4 Å². The maximum Gasteiger partial charge on any atom is 0.254 e. The Morgan fingerprint density at radius 1 is 1.02 bits per heavy atom. The van der Waals surface area contributed by atoms with Crippen LogP contribution in [-0.2, 0) is 9.59 Å². The number of nitrogens with zero attached hydrogens (tertiary/aromatic N) is 2. The molecule has 0 spiro atoms. The van der Waals surface area contributed by atoms with Gasteiger partial charge in [0.05, 0.1) is 38.3 Å². The van der Waals surface area contributed by atoms with Crippen molar-refractivity contribution in [1.29, 1.82) is 0 Å². The highest BCUT2D eigenvalue weighted by Crippen LogP contribution is 2.30. The number of methoxy groups -OCH3 is 1. The number of hydrogen-bond donors (Lipinski definition) is 3. The zero-order valence-electron chi connectivity index (χ0n) is 26.5. The summed E-state index contributed by atoms with van der Waals surface area (Å²) in [6.07, 6.45) is 2.40. The van der Waals surface area contributed by atoms with Gasteiger partial charge in [-0.2, -0.15) is 0 Å². The van der Waals surface area contributed by atoms with Crippen molar-refractivity contribution in [2.75, 3.05) is 32.2 Å². The highest BCUT2D eigenvalue weighted by atomic mass is 32.1. The molecular formula is C32H43N5O7S. The first-order valence-corrected chi connectivity index (χ1v) is 15.4. The Balaban J connectivity index is 1.43. The van der Waals surface area contributed by atoms with Crippen LogP contribution >= 0.6 is 12.2 Å².